The fourth-order valence-electron chi connectivity index (χ4n) is 2.17. The Bertz CT molecular complexity index is 913. The highest BCUT2D eigenvalue weighted by Crippen LogP contribution is 2.29. The number of allylic oxidation sites excluding steroid dienone is 1. The first-order valence-corrected chi connectivity index (χ1v) is 7.71. The van der Waals surface area contributed by atoms with Crippen molar-refractivity contribution in [1.82, 2.24) is 0 Å². The molecule has 6 nitrogen and oxygen atoms in total. The van der Waals surface area contributed by atoms with Crippen molar-refractivity contribution in [2.45, 2.75) is 0 Å². The van der Waals surface area contributed by atoms with Gasteiger partial charge in [-0.3, -0.25) is 14.9 Å². The van der Waals surface area contributed by atoms with Crippen molar-refractivity contribution in [3.05, 3.63) is 73.3 Å². The van der Waals surface area contributed by atoms with Gasteiger partial charge in [-0.1, -0.05) is 35.3 Å². The second kappa shape index (κ2) is 7.79. The number of nitrogens with one attached hydrogen (secondary N) is 1. The number of rotatable bonds is 5. The third-order valence-corrected chi connectivity index (χ3v) is 3.98. The lowest BCUT2D eigenvalue weighted by Gasteiger charge is -2.06. The number of carbonyl (C=O) groups is 1. The van der Waals surface area contributed by atoms with Crippen LogP contribution in [0.25, 0.3) is 6.08 Å². The monoisotopic (exact) mass is 375 g/mol. The summed E-state index contributed by atoms with van der Waals surface area (Å²) in [5.74, 6) is -0.654. The molecule has 0 bridgehead atoms. The number of nitriles is 1. The molecular weight excluding hydrogens is 365 g/mol. The zero-order chi connectivity index (χ0) is 18.6. The van der Waals surface area contributed by atoms with Crippen LogP contribution in [-0.4, -0.2) is 17.8 Å². The maximum absolute atomic E-state index is 12.6. The topological polar surface area (TPSA) is 96.0 Å². The predicted molar refractivity (Wildman–Crippen MR) is 97.0 cm³/mol. The molecule has 0 radical (unpaired) electrons. The van der Waals surface area contributed by atoms with Gasteiger partial charge in [0, 0.05) is 13.1 Å². The number of carbonyl (C=O) groups excluding carboxylic acids is 1. The average Bonchev–Trinajstić information content (AvgIpc) is 2.59. The second-order valence-electron chi connectivity index (χ2n) is 4.88. The maximum atomic E-state index is 12.6. The van der Waals surface area contributed by atoms with Crippen molar-refractivity contribution in [3.63, 3.8) is 0 Å². The summed E-state index contributed by atoms with van der Waals surface area (Å²) < 4.78 is 0. The fraction of sp³-hybridized carbons (Fsp3) is 0.0588. The first kappa shape index (κ1) is 18.5. The molecule has 0 unspecified atom stereocenters. The number of anilines is 1. The van der Waals surface area contributed by atoms with Gasteiger partial charge >= 0.3 is 0 Å². The molecule has 0 fully saturated rings. The summed E-state index contributed by atoms with van der Waals surface area (Å²) in [6.07, 6.45) is 1.26. The van der Waals surface area contributed by atoms with Crippen LogP contribution in [0.1, 0.15) is 15.9 Å². The Hall–Kier alpha value is -2.88. The molecule has 0 aliphatic rings. The van der Waals surface area contributed by atoms with Crippen LogP contribution in [0.2, 0.25) is 10.0 Å². The van der Waals surface area contributed by atoms with Crippen molar-refractivity contribution >= 4 is 46.4 Å². The Labute approximate surface area is 153 Å². The van der Waals surface area contributed by atoms with Gasteiger partial charge in [-0.2, -0.15) is 5.26 Å². The van der Waals surface area contributed by atoms with Crippen LogP contribution in [0.15, 0.2) is 42.0 Å². The molecule has 8 heteroatoms. The van der Waals surface area contributed by atoms with Gasteiger partial charge in [-0.25, -0.2) is 0 Å². The molecule has 0 saturated heterocycles. The summed E-state index contributed by atoms with van der Waals surface area (Å²) in [7, 11) is 1.56. The summed E-state index contributed by atoms with van der Waals surface area (Å²) in [5.41, 5.74) is 0.262. The van der Waals surface area contributed by atoms with E-state index in [1.54, 1.807) is 25.2 Å². The van der Waals surface area contributed by atoms with E-state index in [9.17, 15) is 20.2 Å². The number of halogens is 2. The third kappa shape index (κ3) is 3.97. The van der Waals surface area contributed by atoms with Crippen LogP contribution in [0, 0.1) is 21.4 Å². The fourth-order valence-corrected chi connectivity index (χ4v) is 2.73. The minimum Gasteiger partial charge on any atom is -0.383 e. The Kier molecular flexibility index (Phi) is 5.75. The molecule has 0 amide bonds. The van der Waals surface area contributed by atoms with E-state index in [4.69, 9.17) is 23.2 Å². The van der Waals surface area contributed by atoms with Gasteiger partial charge in [0.15, 0.2) is 0 Å². The molecule has 0 spiro atoms. The third-order valence-electron chi connectivity index (χ3n) is 3.35. The Morgan fingerprint density at radius 3 is 2.44 bits per heavy atom. The number of ketones is 1. The zero-order valence-electron chi connectivity index (χ0n) is 12.9. The number of hydrogen-bond donors (Lipinski definition) is 1. The van der Waals surface area contributed by atoms with Crippen molar-refractivity contribution in [3.8, 4) is 6.07 Å². The van der Waals surface area contributed by atoms with E-state index < -0.39 is 10.7 Å². The Balaban J connectivity index is 2.51. The molecule has 1 N–H and O–H groups in total. The molecule has 2 aromatic carbocycles. The summed E-state index contributed by atoms with van der Waals surface area (Å²) >= 11 is 12.0. The van der Waals surface area contributed by atoms with Crippen molar-refractivity contribution in [2.75, 3.05) is 12.4 Å². The molecule has 0 aliphatic heterocycles. The van der Waals surface area contributed by atoms with Crippen LogP contribution in [0.3, 0.4) is 0 Å². The standard InChI is InChI=1S/C17H11Cl2N3O3/c1-21-14-6-5-10(8-15(14)22(24)25)7-11(9-20)17(23)16-12(18)3-2-4-13(16)19/h2-8,21H,1H3/b11-7+. The lowest BCUT2D eigenvalue weighted by Crippen LogP contribution is -2.04. The molecule has 2 rings (SSSR count). The lowest BCUT2D eigenvalue weighted by atomic mass is 10.0. The highest BCUT2D eigenvalue weighted by atomic mass is 35.5. The quantitative estimate of drug-likeness (QED) is 0.267. The maximum Gasteiger partial charge on any atom is 0.292 e. The molecular formula is C17H11Cl2N3O3. The van der Waals surface area contributed by atoms with E-state index in [0.29, 0.717) is 11.3 Å². The number of hydrogen-bond acceptors (Lipinski definition) is 5. The molecule has 25 heavy (non-hydrogen) atoms. The molecule has 0 heterocycles. The van der Waals surface area contributed by atoms with E-state index in [2.05, 4.69) is 5.32 Å². The first-order chi connectivity index (χ1) is 11.9. The summed E-state index contributed by atoms with van der Waals surface area (Å²) in [6, 6.07) is 10.7. The van der Waals surface area contributed by atoms with Gasteiger partial charge in [-0.05, 0) is 29.8 Å². The lowest BCUT2D eigenvalue weighted by molar-refractivity contribution is -0.383. The number of nitrogens with zero attached hydrogens (tertiary/aromatic N) is 2. The van der Waals surface area contributed by atoms with Crippen LogP contribution in [0.4, 0.5) is 11.4 Å². The molecule has 0 saturated carbocycles. The van der Waals surface area contributed by atoms with Crippen molar-refractivity contribution in [2.24, 2.45) is 0 Å². The molecule has 0 aromatic heterocycles. The average molecular weight is 376 g/mol. The Morgan fingerprint density at radius 1 is 1.28 bits per heavy atom. The molecule has 0 atom stereocenters. The van der Waals surface area contributed by atoms with Gasteiger partial charge in [0.2, 0.25) is 5.78 Å². The smallest absolute Gasteiger partial charge is 0.292 e. The number of nitro groups is 1. The highest BCUT2D eigenvalue weighted by molar-refractivity contribution is 6.41. The SMILES string of the molecule is CNc1ccc(/C=C(\C#N)C(=O)c2c(Cl)cccc2Cl)cc1[N+](=O)[O-]. The first-order valence-electron chi connectivity index (χ1n) is 6.95. The van der Waals surface area contributed by atoms with Crippen LogP contribution in [0.5, 0.6) is 0 Å². The van der Waals surface area contributed by atoms with E-state index in [1.165, 1.54) is 30.3 Å². The summed E-state index contributed by atoms with van der Waals surface area (Å²) in [4.78, 5) is 23.1. The molecule has 2 aromatic rings. The Morgan fingerprint density at radius 2 is 1.92 bits per heavy atom. The normalized spacial score (nSPS) is 10.9. The van der Waals surface area contributed by atoms with Gasteiger partial charge in [0.25, 0.3) is 5.69 Å². The van der Waals surface area contributed by atoms with Gasteiger partial charge < -0.3 is 5.32 Å². The number of nitro benzene ring substituents is 1. The van der Waals surface area contributed by atoms with Crippen LogP contribution < -0.4 is 5.32 Å². The van der Waals surface area contributed by atoms with Gasteiger partial charge in [0.05, 0.1) is 20.5 Å². The predicted octanol–water partition coefficient (Wildman–Crippen LogP) is 4.73. The zero-order valence-corrected chi connectivity index (χ0v) is 14.4. The van der Waals surface area contributed by atoms with Gasteiger partial charge in [0.1, 0.15) is 17.3 Å². The van der Waals surface area contributed by atoms with E-state index >= 15 is 0 Å². The van der Waals surface area contributed by atoms with Crippen LogP contribution in [-0.2, 0) is 0 Å². The van der Waals surface area contributed by atoms with Gasteiger partial charge in [-0.15, -0.1) is 0 Å². The van der Waals surface area contributed by atoms with E-state index in [0.717, 1.165) is 0 Å². The second-order valence-corrected chi connectivity index (χ2v) is 5.69. The van der Waals surface area contributed by atoms with E-state index in [-0.39, 0.29) is 26.9 Å². The minimum absolute atomic E-state index is 0.0139. The van der Waals surface area contributed by atoms with Crippen LogP contribution >= 0.6 is 23.2 Å². The minimum atomic E-state index is -0.654. The number of Topliss-reactive ketones (excluding diaryl/α,β-unsaturated/α-hetero) is 1. The summed E-state index contributed by atoms with van der Waals surface area (Å²) in [6.45, 7) is 0. The molecule has 0 aliphatic carbocycles. The van der Waals surface area contributed by atoms with E-state index in [1.807, 2.05) is 0 Å². The van der Waals surface area contributed by atoms with Crippen molar-refractivity contribution in [1.29, 1.82) is 5.26 Å². The molecule has 126 valence electrons. The number of benzene rings is 2. The van der Waals surface area contributed by atoms with Crippen molar-refractivity contribution < 1.29 is 9.72 Å². The largest absolute Gasteiger partial charge is 0.383 e. The highest BCUT2D eigenvalue weighted by Gasteiger charge is 2.20. The summed E-state index contributed by atoms with van der Waals surface area (Å²) in [5, 5.41) is 23.4.